The second kappa shape index (κ2) is 7.81. The van der Waals surface area contributed by atoms with Crippen molar-refractivity contribution < 1.29 is 13.9 Å². The molecule has 3 aromatic carbocycles. The van der Waals surface area contributed by atoms with Crippen molar-refractivity contribution in [2.45, 2.75) is 6.42 Å². The number of anilines is 1. The first-order valence-electron chi connectivity index (χ1n) is 7.68. The lowest BCUT2D eigenvalue weighted by molar-refractivity contribution is -0.115. The maximum atomic E-state index is 13.8. The van der Waals surface area contributed by atoms with E-state index in [4.69, 9.17) is 16.3 Å². The van der Waals surface area contributed by atoms with E-state index in [0.29, 0.717) is 17.2 Å². The van der Waals surface area contributed by atoms with Crippen LogP contribution in [0.1, 0.15) is 5.56 Å². The molecule has 3 rings (SSSR count). The summed E-state index contributed by atoms with van der Waals surface area (Å²) in [6, 6.07) is 20.6. The van der Waals surface area contributed by atoms with Crippen molar-refractivity contribution >= 4 is 23.2 Å². The maximum Gasteiger partial charge on any atom is 0.229 e. The highest BCUT2D eigenvalue weighted by Gasteiger charge is 2.14. The molecule has 0 bridgehead atoms. The van der Waals surface area contributed by atoms with Gasteiger partial charge in [0.1, 0.15) is 11.6 Å². The number of para-hydroxylation sites is 3. The van der Waals surface area contributed by atoms with E-state index >= 15 is 0 Å². The monoisotopic (exact) mass is 355 g/mol. The summed E-state index contributed by atoms with van der Waals surface area (Å²) in [5.74, 6) is 0.274. The summed E-state index contributed by atoms with van der Waals surface area (Å²) in [5, 5.41) is 2.97. The van der Waals surface area contributed by atoms with Crippen molar-refractivity contribution in [3.63, 3.8) is 0 Å². The van der Waals surface area contributed by atoms with Gasteiger partial charge in [-0.1, -0.05) is 48.0 Å². The molecule has 0 saturated carbocycles. The Labute approximate surface area is 150 Å². The predicted octanol–water partition coefficient (Wildman–Crippen LogP) is 5.45. The summed E-state index contributed by atoms with van der Waals surface area (Å²) in [5.41, 5.74) is 0.673. The molecule has 25 heavy (non-hydrogen) atoms. The molecule has 0 heterocycles. The number of carbonyl (C=O) groups is 1. The van der Waals surface area contributed by atoms with E-state index in [0.717, 1.165) is 0 Å². The Kier molecular flexibility index (Phi) is 5.31. The molecule has 0 spiro atoms. The Morgan fingerprint density at radius 3 is 2.44 bits per heavy atom. The molecule has 0 aliphatic rings. The number of amides is 1. The molecule has 0 aliphatic carbocycles. The first kappa shape index (κ1) is 17.0. The van der Waals surface area contributed by atoms with Gasteiger partial charge in [-0.3, -0.25) is 4.79 Å². The lowest BCUT2D eigenvalue weighted by Crippen LogP contribution is -2.16. The van der Waals surface area contributed by atoms with Crippen LogP contribution in [0.3, 0.4) is 0 Å². The molecule has 3 aromatic rings. The van der Waals surface area contributed by atoms with Crippen LogP contribution in [0.2, 0.25) is 5.02 Å². The zero-order chi connectivity index (χ0) is 17.6. The van der Waals surface area contributed by atoms with Gasteiger partial charge >= 0.3 is 0 Å². The van der Waals surface area contributed by atoms with E-state index in [9.17, 15) is 9.18 Å². The van der Waals surface area contributed by atoms with Crippen LogP contribution in [0, 0.1) is 5.82 Å². The normalized spacial score (nSPS) is 10.3. The minimum atomic E-state index is -0.503. The van der Waals surface area contributed by atoms with E-state index in [2.05, 4.69) is 5.32 Å². The lowest BCUT2D eigenvalue weighted by atomic mass is 10.1. The molecule has 1 N–H and O–H groups in total. The zero-order valence-electron chi connectivity index (χ0n) is 13.2. The van der Waals surface area contributed by atoms with Gasteiger partial charge in [0.15, 0.2) is 5.75 Å². The van der Waals surface area contributed by atoms with Crippen LogP contribution < -0.4 is 10.1 Å². The maximum absolute atomic E-state index is 13.8. The molecular weight excluding hydrogens is 341 g/mol. The average Bonchev–Trinajstić information content (AvgIpc) is 2.61. The van der Waals surface area contributed by atoms with E-state index in [1.165, 1.54) is 12.1 Å². The van der Waals surface area contributed by atoms with E-state index in [1.807, 2.05) is 36.4 Å². The largest absolute Gasteiger partial charge is 0.455 e. The third kappa shape index (κ3) is 4.37. The van der Waals surface area contributed by atoms with Crippen LogP contribution in [-0.2, 0) is 11.2 Å². The van der Waals surface area contributed by atoms with Crippen LogP contribution in [0.4, 0.5) is 10.1 Å². The Morgan fingerprint density at radius 1 is 0.960 bits per heavy atom. The number of hydrogen-bond donors (Lipinski definition) is 1. The molecule has 3 nitrogen and oxygen atoms in total. The molecule has 0 fully saturated rings. The minimum absolute atomic E-state index is 0.162. The van der Waals surface area contributed by atoms with Crippen molar-refractivity contribution in [1.29, 1.82) is 0 Å². The average molecular weight is 356 g/mol. The molecular formula is C20H15ClFNO2. The van der Waals surface area contributed by atoms with Crippen molar-refractivity contribution in [1.82, 2.24) is 0 Å². The van der Waals surface area contributed by atoms with Crippen LogP contribution in [0.25, 0.3) is 0 Å². The number of nitrogens with one attached hydrogen (secondary N) is 1. The Hall–Kier alpha value is -2.85. The number of rotatable bonds is 5. The number of carbonyl (C=O) groups excluding carboxylic acids is 1. The van der Waals surface area contributed by atoms with Gasteiger partial charge in [0, 0.05) is 10.6 Å². The van der Waals surface area contributed by atoms with Gasteiger partial charge in [-0.2, -0.15) is 0 Å². The van der Waals surface area contributed by atoms with Gasteiger partial charge in [-0.05, 0) is 36.4 Å². The van der Waals surface area contributed by atoms with Crippen LogP contribution in [-0.4, -0.2) is 5.91 Å². The summed E-state index contributed by atoms with van der Waals surface area (Å²) >= 11 is 5.97. The molecule has 0 aromatic heterocycles. The van der Waals surface area contributed by atoms with E-state index in [-0.39, 0.29) is 22.9 Å². The highest BCUT2D eigenvalue weighted by Crippen LogP contribution is 2.29. The van der Waals surface area contributed by atoms with Gasteiger partial charge in [0.25, 0.3) is 0 Å². The Balaban J connectivity index is 1.76. The SMILES string of the molecule is O=C(Cc1c(F)cccc1Cl)Nc1ccccc1Oc1ccccc1. The lowest BCUT2D eigenvalue weighted by Gasteiger charge is -2.12. The molecule has 0 atom stereocenters. The summed E-state index contributed by atoms with van der Waals surface area (Å²) in [7, 11) is 0. The summed E-state index contributed by atoms with van der Waals surface area (Å²) in [4.78, 5) is 12.3. The van der Waals surface area contributed by atoms with Crippen molar-refractivity contribution in [3.05, 3.63) is 89.2 Å². The van der Waals surface area contributed by atoms with Gasteiger partial charge in [-0.15, -0.1) is 0 Å². The van der Waals surface area contributed by atoms with Gasteiger partial charge in [0.2, 0.25) is 5.91 Å². The highest BCUT2D eigenvalue weighted by atomic mass is 35.5. The molecule has 0 unspecified atom stereocenters. The number of ether oxygens (including phenoxy) is 1. The Morgan fingerprint density at radius 2 is 1.68 bits per heavy atom. The number of hydrogen-bond acceptors (Lipinski definition) is 2. The summed E-state index contributed by atoms with van der Waals surface area (Å²) < 4.78 is 19.6. The van der Waals surface area contributed by atoms with Crippen LogP contribution in [0.15, 0.2) is 72.8 Å². The second-order valence-electron chi connectivity index (χ2n) is 5.34. The molecule has 0 aliphatic heterocycles. The third-order valence-corrected chi connectivity index (χ3v) is 3.89. The highest BCUT2D eigenvalue weighted by molar-refractivity contribution is 6.31. The third-order valence-electron chi connectivity index (χ3n) is 3.53. The van der Waals surface area contributed by atoms with Crippen LogP contribution in [0.5, 0.6) is 11.5 Å². The fraction of sp³-hybridized carbons (Fsp3) is 0.0500. The standard InChI is InChI=1S/C20H15ClFNO2/c21-16-9-6-10-17(22)15(16)13-20(24)23-18-11-4-5-12-19(18)25-14-7-2-1-3-8-14/h1-12H,13H2,(H,23,24). The summed E-state index contributed by atoms with van der Waals surface area (Å²) in [6.45, 7) is 0. The van der Waals surface area contributed by atoms with Gasteiger partial charge in [-0.25, -0.2) is 4.39 Å². The number of halogens is 2. The quantitative estimate of drug-likeness (QED) is 0.660. The molecule has 0 saturated heterocycles. The fourth-order valence-corrected chi connectivity index (χ4v) is 2.56. The van der Waals surface area contributed by atoms with Crippen LogP contribution >= 0.6 is 11.6 Å². The fourth-order valence-electron chi connectivity index (χ4n) is 2.33. The van der Waals surface area contributed by atoms with Gasteiger partial charge in [0.05, 0.1) is 12.1 Å². The topological polar surface area (TPSA) is 38.3 Å². The molecule has 1 amide bonds. The van der Waals surface area contributed by atoms with Gasteiger partial charge < -0.3 is 10.1 Å². The first-order valence-corrected chi connectivity index (χ1v) is 8.06. The van der Waals surface area contributed by atoms with Crippen molar-refractivity contribution in [2.24, 2.45) is 0 Å². The summed E-state index contributed by atoms with van der Waals surface area (Å²) in [6.07, 6.45) is -0.162. The number of benzene rings is 3. The smallest absolute Gasteiger partial charge is 0.229 e. The van der Waals surface area contributed by atoms with E-state index < -0.39 is 5.82 Å². The molecule has 126 valence electrons. The molecule has 5 heteroatoms. The van der Waals surface area contributed by atoms with Crippen molar-refractivity contribution in [2.75, 3.05) is 5.32 Å². The minimum Gasteiger partial charge on any atom is -0.455 e. The van der Waals surface area contributed by atoms with E-state index in [1.54, 1.807) is 24.3 Å². The second-order valence-corrected chi connectivity index (χ2v) is 5.74. The van der Waals surface area contributed by atoms with Crippen molar-refractivity contribution in [3.8, 4) is 11.5 Å². The Bertz CT molecular complexity index is 864. The first-order chi connectivity index (χ1) is 12.1. The molecule has 0 radical (unpaired) electrons. The predicted molar refractivity (Wildman–Crippen MR) is 96.7 cm³/mol. The zero-order valence-corrected chi connectivity index (χ0v) is 14.0.